The molecule has 0 bridgehead atoms. The number of benzene rings is 3. The van der Waals surface area contributed by atoms with Crippen molar-refractivity contribution >= 4 is 17.6 Å². The van der Waals surface area contributed by atoms with E-state index in [1.54, 1.807) is 12.1 Å². The second kappa shape index (κ2) is 13.1. The molecule has 5 rings (SSSR count). The van der Waals surface area contributed by atoms with Crippen LogP contribution in [0.4, 0.5) is 17.6 Å². The van der Waals surface area contributed by atoms with Gasteiger partial charge < -0.3 is 10.0 Å². The summed E-state index contributed by atoms with van der Waals surface area (Å²) in [5.74, 6) is -2.38. The highest BCUT2D eigenvalue weighted by atomic mass is 35.5. The highest BCUT2D eigenvalue weighted by Crippen LogP contribution is 2.40. The van der Waals surface area contributed by atoms with Gasteiger partial charge in [0.05, 0.1) is 5.69 Å². The van der Waals surface area contributed by atoms with Crippen LogP contribution in [-0.2, 0) is 11.2 Å². The van der Waals surface area contributed by atoms with E-state index in [2.05, 4.69) is 51.5 Å². The van der Waals surface area contributed by atoms with Crippen molar-refractivity contribution in [3.05, 3.63) is 113 Å². The van der Waals surface area contributed by atoms with E-state index < -0.39 is 12.1 Å². The lowest BCUT2D eigenvalue weighted by molar-refractivity contribution is -0.192. The summed E-state index contributed by atoms with van der Waals surface area (Å²) < 4.78 is 45.4. The van der Waals surface area contributed by atoms with Gasteiger partial charge in [-0.25, -0.2) is 9.18 Å². The van der Waals surface area contributed by atoms with Gasteiger partial charge >= 0.3 is 12.1 Å². The van der Waals surface area contributed by atoms with E-state index in [1.165, 1.54) is 11.1 Å². The molecule has 2 heterocycles. The third-order valence-corrected chi connectivity index (χ3v) is 7.19. The van der Waals surface area contributed by atoms with Crippen LogP contribution >= 0.6 is 11.6 Å². The normalized spacial score (nSPS) is 17.6. The Morgan fingerprint density at radius 1 is 1.00 bits per heavy atom. The number of H-pyrrole nitrogens is 1. The average molecular weight is 574 g/mol. The number of alkyl halides is 3. The molecule has 1 aliphatic heterocycles. The minimum Gasteiger partial charge on any atom is -0.475 e. The largest absolute Gasteiger partial charge is 0.490 e. The summed E-state index contributed by atoms with van der Waals surface area (Å²) >= 11 is 6.04. The fraction of sp³-hybridized carbons (Fsp3) is 0.267. The number of likely N-dealkylation sites (tertiary alicyclic amines) is 1. The number of nitrogens with one attached hydrogen (secondary N) is 1. The molecule has 0 amide bonds. The smallest absolute Gasteiger partial charge is 0.475 e. The van der Waals surface area contributed by atoms with Crippen molar-refractivity contribution in [1.82, 2.24) is 15.1 Å². The van der Waals surface area contributed by atoms with Crippen molar-refractivity contribution < 1.29 is 27.5 Å². The maximum absolute atomic E-state index is 13.6. The molecule has 0 aliphatic carbocycles. The van der Waals surface area contributed by atoms with Crippen LogP contribution in [0.15, 0.2) is 84.9 Å². The Labute approximate surface area is 234 Å². The molecule has 2 N–H and O–H groups in total. The number of hydrogen-bond donors (Lipinski definition) is 2. The molecule has 5 nitrogen and oxygen atoms in total. The zero-order valence-corrected chi connectivity index (χ0v) is 22.2. The van der Waals surface area contributed by atoms with E-state index in [0.29, 0.717) is 10.9 Å². The predicted molar refractivity (Wildman–Crippen MR) is 146 cm³/mol. The molecule has 0 saturated carbocycles. The summed E-state index contributed by atoms with van der Waals surface area (Å²) in [6.45, 7) is 3.00. The first-order chi connectivity index (χ1) is 19.1. The Bertz CT molecular complexity index is 1380. The van der Waals surface area contributed by atoms with Crippen molar-refractivity contribution in [2.75, 3.05) is 19.6 Å². The van der Waals surface area contributed by atoms with Gasteiger partial charge in [0.15, 0.2) is 0 Å². The Balaban J connectivity index is 0.000000470. The van der Waals surface area contributed by atoms with Crippen LogP contribution in [0.2, 0.25) is 5.02 Å². The molecule has 0 unspecified atom stereocenters. The van der Waals surface area contributed by atoms with Crippen molar-refractivity contribution in [2.24, 2.45) is 0 Å². The lowest BCUT2D eigenvalue weighted by Gasteiger charge is -2.38. The zero-order valence-electron chi connectivity index (χ0n) is 21.4. The fourth-order valence-electron chi connectivity index (χ4n) is 4.87. The summed E-state index contributed by atoms with van der Waals surface area (Å²) in [6.07, 6.45) is -3.02. The molecule has 1 saturated heterocycles. The topological polar surface area (TPSA) is 69.2 Å². The summed E-state index contributed by atoms with van der Waals surface area (Å²) in [5.41, 5.74) is 5.64. The van der Waals surface area contributed by atoms with Crippen LogP contribution in [0.5, 0.6) is 0 Å². The number of piperidine rings is 1. The lowest BCUT2D eigenvalue weighted by atomic mass is 9.78. The van der Waals surface area contributed by atoms with Gasteiger partial charge in [-0.2, -0.15) is 18.3 Å². The second-order valence-corrected chi connectivity index (χ2v) is 10.0. The zero-order chi connectivity index (χ0) is 28.7. The van der Waals surface area contributed by atoms with Crippen LogP contribution in [0, 0.1) is 5.82 Å². The van der Waals surface area contributed by atoms with Crippen molar-refractivity contribution in [1.29, 1.82) is 0 Å². The standard InChI is InChI=1S/C28H27ClFN3.C2HF3O2/c29-23-10-6-22(7-11-23)27-18-28(32-31-27)25-15-17-33(16-14-20-4-2-1-3-5-20)19-26(25)21-8-12-24(30)13-9-21;3-2(4,5)1(6)7/h1-13,18,25-26H,14-17,19H2,(H,31,32);(H,6,7)/t25-,26-;/m0./s1. The van der Waals surface area contributed by atoms with Gasteiger partial charge in [-0.05, 0) is 60.8 Å². The van der Waals surface area contributed by atoms with E-state index in [0.717, 1.165) is 49.4 Å². The van der Waals surface area contributed by atoms with Crippen LogP contribution in [-0.4, -0.2) is 52.0 Å². The summed E-state index contributed by atoms with van der Waals surface area (Å²) in [4.78, 5) is 11.4. The number of carboxylic acid groups (broad SMARTS) is 1. The molecule has 0 radical (unpaired) electrons. The number of rotatable bonds is 6. The first-order valence-corrected chi connectivity index (χ1v) is 13.1. The minimum absolute atomic E-state index is 0.196. The van der Waals surface area contributed by atoms with E-state index in [-0.39, 0.29) is 11.7 Å². The first kappa shape index (κ1) is 29.3. The van der Waals surface area contributed by atoms with Crippen molar-refractivity contribution in [3.8, 4) is 11.3 Å². The molecule has 2 atom stereocenters. The number of carboxylic acids is 1. The monoisotopic (exact) mass is 573 g/mol. The maximum atomic E-state index is 13.6. The molecule has 1 aliphatic rings. The summed E-state index contributed by atoms with van der Waals surface area (Å²) in [7, 11) is 0. The van der Waals surface area contributed by atoms with E-state index in [9.17, 15) is 17.6 Å². The van der Waals surface area contributed by atoms with E-state index >= 15 is 0 Å². The number of nitrogens with zero attached hydrogens (tertiary/aromatic N) is 2. The number of halogens is 5. The molecule has 210 valence electrons. The van der Waals surface area contributed by atoms with Gasteiger partial charge in [0.2, 0.25) is 0 Å². The van der Waals surface area contributed by atoms with Crippen LogP contribution in [0.1, 0.15) is 35.1 Å². The van der Waals surface area contributed by atoms with Crippen LogP contribution in [0.3, 0.4) is 0 Å². The van der Waals surface area contributed by atoms with Crippen LogP contribution in [0.25, 0.3) is 11.3 Å². The van der Waals surface area contributed by atoms with Gasteiger partial charge in [0.1, 0.15) is 5.82 Å². The Hall–Kier alpha value is -3.69. The summed E-state index contributed by atoms with van der Waals surface area (Å²) in [6, 6.07) is 27.6. The fourth-order valence-corrected chi connectivity index (χ4v) is 5.00. The molecular formula is C30H28ClF4N3O2. The van der Waals surface area contributed by atoms with Crippen molar-refractivity contribution in [3.63, 3.8) is 0 Å². The third kappa shape index (κ3) is 7.92. The molecule has 1 fully saturated rings. The molecule has 1 aromatic heterocycles. The van der Waals surface area contributed by atoms with Gasteiger partial charge in [-0.15, -0.1) is 0 Å². The highest BCUT2D eigenvalue weighted by molar-refractivity contribution is 6.30. The average Bonchev–Trinajstić information content (AvgIpc) is 3.43. The molecule has 3 aromatic carbocycles. The van der Waals surface area contributed by atoms with Gasteiger partial charge in [0, 0.05) is 41.2 Å². The Morgan fingerprint density at radius 2 is 1.65 bits per heavy atom. The van der Waals surface area contributed by atoms with E-state index in [1.807, 2.05) is 36.4 Å². The predicted octanol–water partition coefficient (Wildman–Crippen LogP) is 7.32. The van der Waals surface area contributed by atoms with Crippen LogP contribution < -0.4 is 0 Å². The number of aromatic nitrogens is 2. The molecule has 4 aromatic rings. The summed E-state index contributed by atoms with van der Waals surface area (Å²) in [5, 5.41) is 15.7. The molecule has 40 heavy (non-hydrogen) atoms. The maximum Gasteiger partial charge on any atom is 0.490 e. The number of hydrogen-bond acceptors (Lipinski definition) is 3. The van der Waals surface area contributed by atoms with Gasteiger partial charge in [-0.3, -0.25) is 5.10 Å². The quantitative estimate of drug-likeness (QED) is 0.237. The minimum atomic E-state index is -5.08. The number of carbonyl (C=O) groups is 1. The highest BCUT2D eigenvalue weighted by Gasteiger charge is 2.38. The first-order valence-electron chi connectivity index (χ1n) is 12.7. The van der Waals surface area contributed by atoms with Crippen molar-refractivity contribution in [2.45, 2.75) is 30.9 Å². The molecular weight excluding hydrogens is 546 g/mol. The molecule has 10 heteroatoms. The van der Waals surface area contributed by atoms with Gasteiger partial charge in [0.25, 0.3) is 0 Å². The SMILES string of the molecule is Fc1ccc([C@@H]2CN(CCc3ccccc3)CC[C@@H]2c2cc(-c3ccc(Cl)cc3)n[nH]2)cc1.O=C(O)C(F)(F)F. The number of aromatic amines is 1. The van der Waals surface area contributed by atoms with Gasteiger partial charge in [-0.1, -0.05) is 66.2 Å². The Kier molecular flexibility index (Phi) is 9.60. The third-order valence-electron chi connectivity index (χ3n) is 6.93. The van der Waals surface area contributed by atoms with E-state index in [4.69, 9.17) is 21.5 Å². The Morgan fingerprint density at radius 3 is 2.27 bits per heavy atom. The lowest BCUT2D eigenvalue weighted by Crippen LogP contribution is -2.39. The number of aliphatic carboxylic acids is 1. The molecule has 0 spiro atoms. The second-order valence-electron chi connectivity index (χ2n) is 9.61.